The van der Waals surface area contributed by atoms with Gasteiger partial charge < -0.3 is 25.4 Å². The number of carbonyl (C=O) groups is 1. The summed E-state index contributed by atoms with van der Waals surface area (Å²) < 4.78 is 10.7. The van der Waals surface area contributed by atoms with Crippen LogP contribution in [-0.2, 0) is 6.54 Å². The van der Waals surface area contributed by atoms with Crippen molar-refractivity contribution in [3.05, 3.63) is 47.5 Å². The van der Waals surface area contributed by atoms with E-state index in [4.69, 9.17) is 15.2 Å². The Hall–Kier alpha value is -2.77. The van der Waals surface area contributed by atoms with Crippen LogP contribution in [0.4, 0.5) is 11.4 Å². The lowest BCUT2D eigenvalue weighted by Crippen LogP contribution is -2.43. The highest BCUT2D eigenvalue weighted by Crippen LogP contribution is 2.38. The summed E-state index contributed by atoms with van der Waals surface area (Å²) in [7, 11) is 2.14. The molecule has 1 saturated heterocycles. The van der Waals surface area contributed by atoms with E-state index >= 15 is 0 Å². The fraction of sp³-hybridized carbons (Fsp3) is 0.350. The summed E-state index contributed by atoms with van der Waals surface area (Å²) >= 11 is 0. The molecule has 0 spiro atoms. The van der Waals surface area contributed by atoms with Gasteiger partial charge in [0.1, 0.15) is 0 Å². The maximum Gasteiger partial charge on any atom is 0.255 e. The summed E-state index contributed by atoms with van der Waals surface area (Å²) in [5.41, 5.74) is 8.73. The minimum atomic E-state index is -0.194. The molecular weight excluding hydrogens is 344 g/mol. The van der Waals surface area contributed by atoms with Gasteiger partial charge in [-0.05, 0) is 24.7 Å². The van der Waals surface area contributed by atoms with Gasteiger partial charge in [0, 0.05) is 50.4 Å². The second-order valence-corrected chi connectivity index (χ2v) is 7.03. The monoisotopic (exact) mass is 368 g/mol. The number of piperazine rings is 1. The Labute approximate surface area is 158 Å². The molecule has 27 heavy (non-hydrogen) atoms. The molecule has 2 aromatic rings. The van der Waals surface area contributed by atoms with Gasteiger partial charge >= 0.3 is 0 Å². The molecule has 0 bridgehead atoms. The zero-order chi connectivity index (χ0) is 18.8. The normalized spacial score (nSPS) is 17.1. The molecule has 0 aliphatic carbocycles. The van der Waals surface area contributed by atoms with Crippen LogP contribution in [0.2, 0.25) is 0 Å². The van der Waals surface area contributed by atoms with Crippen molar-refractivity contribution < 1.29 is 14.3 Å². The van der Waals surface area contributed by atoms with Crippen molar-refractivity contribution in [2.24, 2.45) is 0 Å². The van der Waals surface area contributed by atoms with Gasteiger partial charge in [-0.2, -0.15) is 0 Å². The predicted octanol–water partition coefficient (Wildman–Crippen LogP) is 2.00. The molecular formula is C20H24N4O3. The number of nitrogens with one attached hydrogen (secondary N) is 1. The number of nitrogens with two attached hydrogens (primary N) is 1. The van der Waals surface area contributed by atoms with E-state index in [0.717, 1.165) is 38.3 Å². The molecule has 2 aliphatic heterocycles. The Bertz CT molecular complexity index is 847. The first-order valence-corrected chi connectivity index (χ1v) is 9.09. The molecule has 7 nitrogen and oxygen atoms in total. The Morgan fingerprint density at radius 1 is 1.11 bits per heavy atom. The predicted molar refractivity (Wildman–Crippen MR) is 104 cm³/mol. The summed E-state index contributed by atoms with van der Waals surface area (Å²) in [6.07, 6.45) is 0. The van der Waals surface area contributed by atoms with E-state index in [2.05, 4.69) is 28.2 Å². The molecule has 0 aromatic heterocycles. The van der Waals surface area contributed by atoms with Gasteiger partial charge in [-0.25, -0.2) is 0 Å². The molecule has 142 valence electrons. The van der Waals surface area contributed by atoms with Crippen LogP contribution in [0.15, 0.2) is 36.4 Å². The van der Waals surface area contributed by atoms with Gasteiger partial charge in [-0.15, -0.1) is 0 Å². The topological polar surface area (TPSA) is 80.1 Å². The molecule has 7 heteroatoms. The molecule has 1 fully saturated rings. The van der Waals surface area contributed by atoms with Gasteiger partial charge in [0.15, 0.2) is 11.5 Å². The van der Waals surface area contributed by atoms with Gasteiger partial charge in [-0.3, -0.25) is 9.69 Å². The highest BCUT2D eigenvalue weighted by Gasteiger charge is 2.18. The van der Waals surface area contributed by atoms with Crippen molar-refractivity contribution in [2.45, 2.75) is 6.54 Å². The van der Waals surface area contributed by atoms with E-state index in [0.29, 0.717) is 28.4 Å². The average molecular weight is 368 g/mol. The number of anilines is 2. The third kappa shape index (κ3) is 3.99. The molecule has 1 amide bonds. The lowest BCUT2D eigenvalue weighted by Gasteiger charge is -2.32. The van der Waals surface area contributed by atoms with Crippen molar-refractivity contribution in [2.75, 3.05) is 51.1 Å². The second-order valence-electron chi connectivity index (χ2n) is 7.03. The van der Waals surface area contributed by atoms with Gasteiger partial charge in [-0.1, -0.05) is 12.1 Å². The Balaban J connectivity index is 1.45. The third-order valence-electron chi connectivity index (χ3n) is 4.98. The Morgan fingerprint density at radius 2 is 1.85 bits per heavy atom. The smallest absolute Gasteiger partial charge is 0.255 e. The number of nitrogens with zero attached hydrogens (tertiary/aromatic N) is 2. The molecule has 4 rings (SSSR count). The first-order valence-electron chi connectivity index (χ1n) is 9.09. The van der Waals surface area contributed by atoms with E-state index < -0.39 is 0 Å². The fourth-order valence-electron chi connectivity index (χ4n) is 3.34. The highest BCUT2D eigenvalue weighted by atomic mass is 16.7. The van der Waals surface area contributed by atoms with E-state index in [1.807, 2.05) is 18.2 Å². The van der Waals surface area contributed by atoms with Gasteiger partial charge in [0.2, 0.25) is 6.79 Å². The number of fused-ring (bicyclic) bond motifs is 1. The van der Waals surface area contributed by atoms with Crippen molar-refractivity contribution in [1.82, 2.24) is 9.80 Å². The zero-order valence-electron chi connectivity index (χ0n) is 15.4. The number of carbonyl (C=O) groups excluding carboxylic acids is 1. The van der Waals surface area contributed by atoms with Crippen LogP contribution in [0.1, 0.15) is 15.9 Å². The lowest BCUT2D eigenvalue weighted by atomic mass is 10.1. The number of benzene rings is 2. The van der Waals surface area contributed by atoms with Crippen LogP contribution in [0.5, 0.6) is 11.5 Å². The van der Waals surface area contributed by atoms with Crippen LogP contribution in [-0.4, -0.2) is 55.7 Å². The molecule has 2 aromatic carbocycles. The Morgan fingerprint density at radius 3 is 2.63 bits per heavy atom. The van der Waals surface area contributed by atoms with Gasteiger partial charge in [0.25, 0.3) is 5.91 Å². The van der Waals surface area contributed by atoms with Crippen LogP contribution < -0.4 is 20.5 Å². The number of hydrogen-bond acceptors (Lipinski definition) is 6. The Kier molecular flexibility index (Phi) is 4.87. The SMILES string of the molecule is CN1CCN(Cc2cccc(C(=O)Nc3cc4c(cc3N)OCO4)c2)CC1. The molecule has 0 radical (unpaired) electrons. The summed E-state index contributed by atoms with van der Waals surface area (Å²) in [4.78, 5) is 17.4. The number of likely N-dealkylation sites (N-methyl/N-ethyl adjacent to an activating group) is 1. The first kappa shape index (κ1) is 17.6. The molecule has 3 N–H and O–H groups in total. The number of hydrogen-bond donors (Lipinski definition) is 2. The minimum absolute atomic E-state index is 0.167. The molecule has 2 aliphatic rings. The maximum atomic E-state index is 12.7. The molecule has 0 unspecified atom stereocenters. The van der Waals surface area contributed by atoms with Crippen LogP contribution in [0.25, 0.3) is 0 Å². The first-order chi connectivity index (χ1) is 13.1. The maximum absolute atomic E-state index is 12.7. The second kappa shape index (κ2) is 7.46. The van der Waals surface area contributed by atoms with Crippen LogP contribution in [0.3, 0.4) is 0 Å². The van der Waals surface area contributed by atoms with Crippen molar-refractivity contribution >= 4 is 17.3 Å². The summed E-state index contributed by atoms with van der Waals surface area (Å²) in [6.45, 7) is 5.25. The van der Waals surface area contributed by atoms with Crippen molar-refractivity contribution in [1.29, 1.82) is 0 Å². The average Bonchev–Trinajstić information content (AvgIpc) is 3.11. The van der Waals surface area contributed by atoms with Crippen LogP contribution >= 0.6 is 0 Å². The molecule has 0 atom stereocenters. The van der Waals surface area contributed by atoms with Gasteiger partial charge in [0.05, 0.1) is 11.4 Å². The van der Waals surface area contributed by atoms with Crippen LogP contribution in [0, 0.1) is 0 Å². The standard InChI is InChI=1S/C20H24N4O3/c1-23-5-7-24(8-6-23)12-14-3-2-4-15(9-14)20(25)22-17-11-19-18(10-16(17)21)26-13-27-19/h2-4,9-11H,5-8,12-13,21H2,1H3,(H,22,25). The molecule has 0 saturated carbocycles. The zero-order valence-corrected chi connectivity index (χ0v) is 15.4. The molecule has 2 heterocycles. The quantitative estimate of drug-likeness (QED) is 0.804. The number of rotatable bonds is 4. The fourth-order valence-corrected chi connectivity index (χ4v) is 3.34. The number of nitrogen functional groups attached to an aromatic ring is 1. The highest BCUT2D eigenvalue weighted by molar-refractivity contribution is 6.06. The van der Waals surface area contributed by atoms with Crippen molar-refractivity contribution in [3.63, 3.8) is 0 Å². The largest absolute Gasteiger partial charge is 0.454 e. The number of ether oxygens (including phenoxy) is 2. The summed E-state index contributed by atoms with van der Waals surface area (Å²) in [5, 5.41) is 2.87. The van der Waals surface area contributed by atoms with E-state index in [-0.39, 0.29) is 12.7 Å². The number of amides is 1. The minimum Gasteiger partial charge on any atom is -0.454 e. The summed E-state index contributed by atoms with van der Waals surface area (Å²) in [5.74, 6) is 0.990. The van der Waals surface area contributed by atoms with Crippen molar-refractivity contribution in [3.8, 4) is 11.5 Å². The van der Waals surface area contributed by atoms with E-state index in [9.17, 15) is 4.79 Å². The van der Waals surface area contributed by atoms with E-state index in [1.165, 1.54) is 0 Å². The third-order valence-corrected chi connectivity index (χ3v) is 4.98. The van der Waals surface area contributed by atoms with E-state index in [1.54, 1.807) is 12.1 Å². The summed E-state index contributed by atoms with van der Waals surface area (Å²) in [6, 6.07) is 11.1. The lowest BCUT2D eigenvalue weighted by molar-refractivity contribution is 0.102.